The van der Waals surface area contributed by atoms with Gasteiger partial charge in [0.1, 0.15) is 5.75 Å². The lowest BCUT2D eigenvalue weighted by molar-refractivity contribution is -0.137. The Morgan fingerprint density at radius 2 is 1.85 bits per heavy atom. The van der Waals surface area contributed by atoms with Gasteiger partial charge in [0.25, 0.3) is 0 Å². The first-order valence-corrected chi connectivity index (χ1v) is 6.00. The summed E-state index contributed by atoms with van der Waals surface area (Å²) >= 11 is 0. The quantitative estimate of drug-likeness (QED) is 0.927. The van der Waals surface area contributed by atoms with Crippen molar-refractivity contribution >= 4 is 0 Å². The van der Waals surface area contributed by atoms with Crippen LogP contribution >= 0.6 is 0 Å². The third kappa shape index (κ3) is 2.93. The molecule has 2 rings (SSSR count). The Morgan fingerprint density at radius 3 is 2.45 bits per heavy atom. The van der Waals surface area contributed by atoms with Crippen LogP contribution in [0.5, 0.6) is 5.75 Å². The van der Waals surface area contributed by atoms with Crippen LogP contribution in [0.1, 0.15) is 11.1 Å². The minimum Gasteiger partial charge on any atom is -0.497 e. The minimum absolute atomic E-state index is 0.225. The van der Waals surface area contributed by atoms with E-state index >= 15 is 0 Å². The van der Waals surface area contributed by atoms with E-state index in [9.17, 15) is 13.2 Å². The van der Waals surface area contributed by atoms with Gasteiger partial charge in [-0.25, -0.2) is 0 Å². The fraction of sp³-hybridized carbons (Fsp3) is 0.200. The van der Waals surface area contributed by atoms with Gasteiger partial charge in [-0.2, -0.15) is 13.2 Å². The number of benzene rings is 2. The second-order valence-corrected chi connectivity index (χ2v) is 4.31. The number of hydrogen-bond donors (Lipinski definition) is 1. The molecule has 0 heterocycles. The molecule has 5 heteroatoms. The summed E-state index contributed by atoms with van der Waals surface area (Å²) < 4.78 is 43.3. The average molecular weight is 281 g/mol. The van der Waals surface area contributed by atoms with Crippen LogP contribution in [0.25, 0.3) is 11.1 Å². The topological polar surface area (TPSA) is 35.2 Å². The van der Waals surface area contributed by atoms with Crippen LogP contribution in [0.2, 0.25) is 0 Å². The molecule has 106 valence electrons. The summed E-state index contributed by atoms with van der Waals surface area (Å²) in [4.78, 5) is 0. The summed E-state index contributed by atoms with van der Waals surface area (Å²) in [7, 11) is 1.53. The second-order valence-electron chi connectivity index (χ2n) is 4.31. The molecule has 2 N–H and O–H groups in total. The maximum Gasteiger partial charge on any atom is 0.416 e. The normalized spacial score (nSPS) is 11.4. The molecule has 0 bridgehead atoms. The molecule has 2 aromatic carbocycles. The van der Waals surface area contributed by atoms with E-state index in [1.807, 2.05) is 0 Å². The molecule has 0 unspecified atom stereocenters. The molecule has 20 heavy (non-hydrogen) atoms. The van der Waals surface area contributed by atoms with E-state index in [4.69, 9.17) is 10.5 Å². The number of halogens is 3. The Morgan fingerprint density at radius 1 is 1.10 bits per heavy atom. The van der Waals surface area contributed by atoms with E-state index in [0.717, 1.165) is 17.7 Å². The largest absolute Gasteiger partial charge is 0.497 e. The number of rotatable bonds is 3. The summed E-state index contributed by atoms with van der Waals surface area (Å²) in [5.41, 5.74) is 6.89. The van der Waals surface area contributed by atoms with Crippen molar-refractivity contribution < 1.29 is 17.9 Å². The molecule has 0 spiro atoms. The van der Waals surface area contributed by atoms with Gasteiger partial charge in [-0.1, -0.05) is 18.2 Å². The molecule has 2 aromatic rings. The maximum absolute atomic E-state index is 12.7. The lowest BCUT2D eigenvalue weighted by Crippen LogP contribution is -2.05. The maximum atomic E-state index is 12.7. The Bertz CT molecular complexity index is 608. The highest BCUT2D eigenvalue weighted by Crippen LogP contribution is 2.33. The van der Waals surface area contributed by atoms with Gasteiger partial charge in [0.05, 0.1) is 12.7 Å². The van der Waals surface area contributed by atoms with Crippen molar-refractivity contribution in [2.24, 2.45) is 5.73 Å². The van der Waals surface area contributed by atoms with Crippen molar-refractivity contribution in [3.05, 3.63) is 53.6 Å². The van der Waals surface area contributed by atoms with Gasteiger partial charge in [0.2, 0.25) is 0 Å². The van der Waals surface area contributed by atoms with E-state index in [2.05, 4.69) is 0 Å². The van der Waals surface area contributed by atoms with E-state index in [-0.39, 0.29) is 6.54 Å². The molecule has 0 amide bonds. The highest BCUT2D eigenvalue weighted by molar-refractivity contribution is 5.69. The van der Waals surface area contributed by atoms with Crippen molar-refractivity contribution in [3.63, 3.8) is 0 Å². The van der Waals surface area contributed by atoms with E-state index < -0.39 is 11.7 Å². The molecular formula is C15H14F3NO. The minimum atomic E-state index is -4.36. The van der Waals surface area contributed by atoms with Gasteiger partial charge < -0.3 is 10.5 Å². The van der Waals surface area contributed by atoms with Crippen LogP contribution < -0.4 is 10.5 Å². The smallest absolute Gasteiger partial charge is 0.416 e. The number of nitrogens with two attached hydrogens (primary N) is 1. The first-order valence-electron chi connectivity index (χ1n) is 6.00. The highest BCUT2D eigenvalue weighted by atomic mass is 19.4. The van der Waals surface area contributed by atoms with Crippen LogP contribution in [-0.2, 0) is 12.7 Å². The van der Waals surface area contributed by atoms with Crippen molar-refractivity contribution in [3.8, 4) is 16.9 Å². The third-order valence-corrected chi connectivity index (χ3v) is 3.03. The zero-order valence-corrected chi connectivity index (χ0v) is 10.9. The number of methoxy groups -OCH3 is 1. The summed E-state index contributed by atoms with van der Waals surface area (Å²) in [6.07, 6.45) is -4.36. The summed E-state index contributed by atoms with van der Waals surface area (Å²) in [5, 5.41) is 0. The van der Waals surface area contributed by atoms with Crippen molar-refractivity contribution in [2.45, 2.75) is 12.7 Å². The first kappa shape index (κ1) is 14.4. The molecule has 0 aliphatic heterocycles. The average Bonchev–Trinajstić information content (AvgIpc) is 2.45. The number of hydrogen-bond acceptors (Lipinski definition) is 2. The molecule has 0 fully saturated rings. The molecular weight excluding hydrogens is 267 g/mol. The number of ether oxygens (including phenoxy) is 1. The number of alkyl halides is 3. The van der Waals surface area contributed by atoms with Crippen LogP contribution in [0, 0.1) is 0 Å². The lowest BCUT2D eigenvalue weighted by atomic mass is 9.97. The van der Waals surface area contributed by atoms with E-state index in [0.29, 0.717) is 16.9 Å². The molecule has 0 saturated heterocycles. The summed E-state index contributed by atoms with van der Waals surface area (Å²) in [6.45, 7) is 0.225. The Hall–Kier alpha value is -2.01. The van der Waals surface area contributed by atoms with Crippen LogP contribution in [0.3, 0.4) is 0 Å². The van der Waals surface area contributed by atoms with Gasteiger partial charge in [-0.3, -0.25) is 0 Å². The fourth-order valence-corrected chi connectivity index (χ4v) is 2.01. The van der Waals surface area contributed by atoms with Crippen LogP contribution in [0.4, 0.5) is 13.2 Å². The van der Waals surface area contributed by atoms with Gasteiger partial charge >= 0.3 is 6.18 Å². The zero-order valence-electron chi connectivity index (χ0n) is 10.9. The van der Waals surface area contributed by atoms with Crippen molar-refractivity contribution in [1.82, 2.24) is 0 Å². The second kappa shape index (κ2) is 5.54. The van der Waals surface area contributed by atoms with Gasteiger partial charge in [0.15, 0.2) is 0 Å². The SMILES string of the molecule is COc1ccc(-c2cccc(C(F)(F)F)c2)c(CN)c1. The van der Waals surface area contributed by atoms with Crippen molar-refractivity contribution in [2.75, 3.05) is 7.11 Å². The molecule has 0 aliphatic carbocycles. The molecule has 0 aliphatic rings. The van der Waals surface area contributed by atoms with Gasteiger partial charge in [0, 0.05) is 6.54 Å². The summed E-state index contributed by atoms with van der Waals surface area (Å²) in [5.74, 6) is 0.626. The highest BCUT2D eigenvalue weighted by Gasteiger charge is 2.30. The molecule has 0 saturated carbocycles. The van der Waals surface area contributed by atoms with Gasteiger partial charge in [-0.15, -0.1) is 0 Å². The molecule has 0 atom stereocenters. The Labute approximate surface area is 115 Å². The monoisotopic (exact) mass is 281 g/mol. The fourth-order valence-electron chi connectivity index (χ4n) is 2.01. The Kier molecular flexibility index (Phi) is 3.99. The molecule has 2 nitrogen and oxygen atoms in total. The van der Waals surface area contributed by atoms with Gasteiger partial charge in [-0.05, 0) is 41.0 Å². The predicted octanol–water partition coefficient (Wildman–Crippen LogP) is 3.84. The van der Waals surface area contributed by atoms with Crippen molar-refractivity contribution in [1.29, 1.82) is 0 Å². The zero-order chi connectivity index (χ0) is 14.8. The van der Waals surface area contributed by atoms with Crippen LogP contribution in [-0.4, -0.2) is 7.11 Å². The standard InChI is InChI=1S/C15H14F3NO/c1-20-13-5-6-14(11(8-13)9-19)10-3-2-4-12(7-10)15(16,17)18/h2-8H,9,19H2,1H3. The molecule has 0 radical (unpaired) electrons. The van der Waals surface area contributed by atoms with E-state index in [1.165, 1.54) is 13.2 Å². The Balaban J connectivity index is 2.51. The molecule has 0 aromatic heterocycles. The predicted molar refractivity (Wildman–Crippen MR) is 71.3 cm³/mol. The lowest BCUT2D eigenvalue weighted by Gasteiger charge is -2.12. The van der Waals surface area contributed by atoms with E-state index in [1.54, 1.807) is 24.3 Å². The summed E-state index contributed by atoms with van der Waals surface area (Å²) in [6, 6.07) is 10.4. The first-order chi connectivity index (χ1) is 9.45. The third-order valence-electron chi connectivity index (χ3n) is 3.03. The van der Waals surface area contributed by atoms with Crippen LogP contribution in [0.15, 0.2) is 42.5 Å².